The fraction of sp³-hybridized carbons (Fsp3) is 0.364. The van der Waals surface area contributed by atoms with Gasteiger partial charge in [-0.15, -0.1) is 0 Å². The Balaban J connectivity index is 1.60. The zero-order valence-electron chi connectivity index (χ0n) is 16.6. The molecule has 1 heterocycles. The highest BCUT2D eigenvalue weighted by molar-refractivity contribution is 5.95. The van der Waals surface area contributed by atoms with Crippen LogP contribution in [-0.2, 0) is 11.3 Å². The number of hydrogen-bond donors (Lipinski definition) is 2. The maximum atomic E-state index is 13.1. The molecule has 0 spiro atoms. The maximum Gasteiger partial charge on any atom is 0.254 e. The molecule has 0 aromatic heterocycles. The molecule has 2 aromatic rings. The first-order valence-corrected chi connectivity index (χ1v) is 9.72. The van der Waals surface area contributed by atoms with E-state index in [1.54, 1.807) is 30.1 Å². The Morgan fingerprint density at radius 1 is 1.17 bits per heavy atom. The van der Waals surface area contributed by atoms with Crippen LogP contribution in [0.5, 0.6) is 11.5 Å². The second-order valence-electron chi connectivity index (χ2n) is 7.40. The van der Waals surface area contributed by atoms with Crippen LogP contribution in [0.3, 0.4) is 0 Å². The minimum absolute atomic E-state index is 0.0103. The van der Waals surface area contributed by atoms with E-state index in [0.717, 1.165) is 18.4 Å². The van der Waals surface area contributed by atoms with Crippen molar-refractivity contribution in [2.75, 3.05) is 26.7 Å². The number of aromatic hydroxyl groups is 1. The molecule has 1 aliphatic heterocycles. The van der Waals surface area contributed by atoms with Crippen LogP contribution >= 0.6 is 0 Å². The molecule has 0 unspecified atom stereocenters. The number of ether oxygens (including phenoxy) is 1. The van der Waals surface area contributed by atoms with Gasteiger partial charge in [0.2, 0.25) is 5.91 Å². The molecule has 29 heavy (non-hydrogen) atoms. The molecule has 0 atom stereocenters. The van der Waals surface area contributed by atoms with Crippen molar-refractivity contribution < 1.29 is 19.4 Å². The zero-order valence-corrected chi connectivity index (χ0v) is 16.6. The van der Waals surface area contributed by atoms with Crippen LogP contribution in [0.1, 0.15) is 28.8 Å². The van der Waals surface area contributed by atoms with Crippen LogP contribution in [0, 0.1) is 0 Å². The van der Waals surface area contributed by atoms with Crippen LogP contribution < -0.4 is 10.5 Å². The van der Waals surface area contributed by atoms with Gasteiger partial charge in [0.1, 0.15) is 17.6 Å². The molecule has 2 aromatic carbocycles. The smallest absolute Gasteiger partial charge is 0.254 e. The number of carbonyl (C=O) groups is 2. The molecule has 3 rings (SSSR count). The summed E-state index contributed by atoms with van der Waals surface area (Å²) in [6, 6.07) is 14.2. The largest absolute Gasteiger partial charge is 0.508 e. The van der Waals surface area contributed by atoms with E-state index in [1.165, 1.54) is 0 Å². The summed E-state index contributed by atoms with van der Waals surface area (Å²) in [5, 5.41) is 9.56. The number of nitrogens with two attached hydrogens (primary N) is 1. The van der Waals surface area contributed by atoms with E-state index in [0.29, 0.717) is 30.9 Å². The van der Waals surface area contributed by atoms with Gasteiger partial charge in [0.05, 0.1) is 6.54 Å². The van der Waals surface area contributed by atoms with Gasteiger partial charge in [-0.1, -0.05) is 24.3 Å². The molecule has 0 saturated carbocycles. The Labute approximate surface area is 170 Å². The number of phenolic OH excluding ortho intramolecular Hbond substituents is 1. The summed E-state index contributed by atoms with van der Waals surface area (Å²) >= 11 is 0. The molecule has 0 aliphatic carbocycles. The lowest BCUT2D eigenvalue weighted by atomic mass is 10.0. The van der Waals surface area contributed by atoms with E-state index in [-0.39, 0.29) is 24.3 Å². The topological polar surface area (TPSA) is 96.1 Å². The quantitative estimate of drug-likeness (QED) is 0.745. The first kappa shape index (κ1) is 20.7. The molecule has 1 saturated heterocycles. The number of phenols is 1. The fourth-order valence-corrected chi connectivity index (χ4v) is 3.58. The Hall–Kier alpha value is -3.06. The van der Waals surface area contributed by atoms with Crippen LogP contribution in [-0.4, -0.2) is 59.5 Å². The summed E-state index contributed by atoms with van der Waals surface area (Å²) in [5.41, 5.74) is 6.78. The standard InChI is InChI=1S/C22H27N3O4/c1-24(15-21(23)27)14-16-5-2-3-8-20(16)22(28)25-11-9-18(10-12-25)29-19-7-4-6-17(26)13-19/h2-8,13,18,26H,9-12,14-15H2,1H3,(H2,23,27). The van der Waals surface area contributed by atoms with Crippen molar-refractivity contribution in [1.29, 1.82) is 0 Å². The van der Waals surface area contributed by atoms with Gasteiger partial charge >= 0.3 is 0 Å². The SMILES string of the molecule is CN(CC(N)=O)Cc1ccccc1C(=O)N1CCC(Oc2cccc(O)c2)CC1. The highest BCUT2D eigenvalue weighted by atomic mass is 16.5. The summed E-state index contributed by atoms with van der Waals surface area (Å²) in [7, 11) is 1.80. The number of hydrogen-bond acceptors (Lipinski definition) is 5. The number of amides is 2. The molecule has 1 aliphatic rings. The predicted molar refractivity (Wildman–Crippen MR) is 110 cm³/mol. The summed E-state index contributed by atoms with van der Waals surface area (Å²) in [6.45, 7) is 1.82. The molecule has 7 nitrogen and oxygen atoms in total. The number of rotatable bonds is 7. The Morgan fingerprint density at radius 3 is 2.59 bits per heavy atom. The first-order chi connectivity index (χ1) is 13.9. The van der Waals surface area contributed by atoms with E-state index in [1.807, 2.05) is 35.2 Å². The van der Waals surface area contributed by atoms with Gasteiger partial charge in [-0.3, -0.25) is 14.5 Å². The average Bonchev–Trinajstić information content (AvgIpc) is 2.68. The number of piperidine rings is 1. The minimum atomic E-state index is -0.398. The molecule has 154 valence electrons. The van der Waals surface area contributed by atoms with E-state index in [9.17, 15) is 14.7 Å². The van der Waals surface area contributed by atoms with E-state index in [4.69, 9.17) is 10.5 Å². The number of likely N-dealkylation sites (N-methyl/N-ethyl adjacent to an activating group) is 1. The van der Waals surface area contributed by atoms with Gasteiger partial charge in [0.25, 0.3) is 5.91 Å². The Kier molecular flexibility index (Phi) is 6.72. The van der Waals surface area contributed by atoms with Crippen molar-refractivity contribution in [3.05, 3.63) is 59.7 Å². The molecule has 3 N–H and O–H groups in total. The van der Waals surface area contributed by atoms with Crippen molar-refractivity contribution in [2.24, 2.45) is 5.73 Å². The lowest BCUT2D eigenvalue weighted by Crippen LogP contribution is -2.42. The van der Waals surface area contributed by atoms with Crippen molar-refractivity contribution in [2.45, 2.75) is 25.5 Å². The van der Waals surface area contributed by atoms with Gasteiger partial charge in [0.15, 0.2) is 0 Å². The van der Waals surface area contributed by atoms with Crippen molar-refractivity contribution >= 4 is 11.8 Å². The number of primary amides is 1. The van der Waals surface area contributed by atoms with Crippen molar-refractivity contribution in [1.82, 2.24) is 9.80 Å². The Morgan fingerprint density at radius 2 is 1.90 bits per heavy atom. The average molecular weight is 397 g/mol. The highest BCUT2D eigenvalue weighted by Crippen LogP contribution is 2.24. The first-order valence-electron chi connectivity index (χ1n) is 9.72. The highest BCUT2D eigenvalue weighted by Gasteiger charge is 2.26. The lowest BCUT2D eigenvalue weighted by Gasteiger charge is -2.32. The molecule has 1 fully saturated rings. The summed E-state index contributed by atoms with van der Waals surface area (Å²) in [6.07, 6.45) is 1.47. The number of benzene rings is 2. The molecule has 7 heteroatoms. The predicted octanol–water partition coefficient (Wildman–Crippen LogP) is 1.99. The van der Waals surface area contributed by atoms with E-state index in [2.05, 4.69) is 0 Å². The number of likely N-dealkylation sites (tertiary alicyclic amines) is 1. The van der Waals surface area contributed by atoms with Gasteiger partial charge in [0, 0.05) is 44.1 Å². The summed E-state index contributed by atoms with van der Waals surface area (Å²) in [4.78, 5) is 27.8. The zero-order chi connectivity index (χ0) is 20.8. The van der Waals surface area contributed by atoms with Crippen LogP contribution in [0.25, 0.3) is 0 Å². The van der Waals surface area contributed by atoms with Crippen molar-refractivity contribution in [3.63, 3.8) is 0 Å². The summed E-state index contributed by atoms with van der Waals surface area (Å²) in [5.74, 6) is 0.402. The van der Waals surface area contributed by atoms with Crippen LogP contribution in [0.15, 0.2) is 48.5 Å². The Bertz CT molecular complexity index is 863. The second kappa shape index (κ2) is 9.43. The van der Waals surface area contributed by atoms with Crippen molar-refractivity contribution in [3.8, 4) is 11.5 Å². The van der Waals surface area contributed by atoms with E-state index >= 15 is 0 Å². The van der Waals surface area contributed by atoms with Gasteiger partial charge < -0.3 is 20.5 Å². The number of nitrogens with zero attached hydrogens (tertiary/aromatic N) is 2. The lowest BCUT2D eigenvalue weighted by molar-refractivity contribution is -0.118. The van der Waals surface area contributed by atoms with Crippen LogP contribution in [0.4, 0.5) is 0 Å². The molecular formula is C22H27N3O4. The van der Waals surface area contributed by atoms with Gasteiger partial charge in [-0.05, 0) is 30.8 Å². The van der Waals surface area contributed by atoms with E-state index < -0.39 is 5.91 Å². The third-order valence-electron chi connectivity index (χ3n) is 4.96. The van der Waals surface area contributed by atoms with Gasteiger partial charge in [-0.2, -0.15) is 0 Å². The normalized spacial score (nSPS) is 14.8. The third-order valence-corrected chi connectivity index (χ3v) is 4.96. The third kappa shape index (κ3) is 5.71. The monoisotopic (exact) mass is 397 g/mol. The summed E-state index contributed by atoms with van der Waals surface area (Å²) < 4.78 is 5.93. The fourth-order valence-electron chi connectivity index (χ4n) is 3.58. The number of carbonyl (C=O) groups excluding carboxylic acids is 2. The second-order valence-corrected chi connectivity index (χ2v) is 7.40. The van der Waals surface area contributed by atoms with Gasteiger partial charge in [-0.25, -0.2) is 0 Å². The maximum absolute atomic E-state index is 13.1. The van der Waals surface area contributed by atoms with Crippen LogP contribution in [0.2, 0.25) is 0 Å². The minimum Gasteiger partial charge on any atom is -0.508 e. The molecule has 2 amide bonds. The molecule has 0 radical (unpaired) electrons. The molecule has 0 bridgehead atoms. The molecular weight excluding hydrogens is 370 g/mol.